The molecule has 0 atom stereocenters. The van der Waals surface area contributed by atoms with Crippen LogP contribution < -0.4 is 5.32 Å². The van der Waals surface area contributed by atoms with Crippen molar-refractivity contribution in [3.8, 4) is 0 Å². The minimum Gasteiger partial charge on any atom is -0.365 e. The SMILES string of the molecule is C=CCNc1nsc2ccccc12. The fourth-order valence-electron chi connectivity index (χ4n) is 1.18. The Morgan fingerprint density at radius 1 is 1.46 bits per heavy atom. The fraction of sp³-hybridized carbons (Fsp3) is 0.100. The van der Waals surface area contributed by atoms with E-state index in [1.807, 2.05) is 18.2 Å². The number of benzene rings is 1. The Morgan fingerprint density at radius 2 is 2.31 bits per heavy atom. The highest BCUT2D eigenvalue weighted by Crippen LogP contribution is 2.25. The maximum atomic E-state index is 4.32. The molecule has 0 fully saturated rings. The Morgan fingerprint density at radius 3 is 3.15 bits per heavy atom. The molecule has 1 aromatic carbocycles. The number of nitrogens with one attached hydrogen (secondary N) is 1. The van der Waals surface area contributed by atoms with Gasteiger partial charge in [0.15, 0.2) is 0 Å². The third-order valence-corrected chi connectivity index (χ3v) is 2.62. The Balaban J connectivity index is 2.40. The van der Waals surface area contributed by atoms with Crippen molar-refractivity contribution in [1.29, 1.82) is 0 Å². The van der Waals surface area contributed by atoms with E-state index in [1.54, 1.807) is 0 Å². The first kappa shape index (κ1) is 8.26. The van der Waals surface area contributed by atoms with Crippen molar-refractivity contribution in [2.75, 3.05) is 11.9 Å². The number of hydrogen-bond acceptors (Lipinski definition) is 3. The summed E-state index contributed by atoms with van der Waals surface area (Å²) in [5.41, 5.74) is 0. The van der Waals surface area contributed by atoms with Crippen LogP contribution in [0.1, 0.15) is 0 Å². The van der Waals surface area contributed by atoms with Crippen LogP contribution in [0.4, 0.5) is 5.82 Å². The van der Waals surface area contributed by atoms with Crippen molar-refractivity contribution in [1.82, 2.24) is 4.37 Å². The average Bonchev–Trinajstić information content (AvgIpc) is 2.58. The molecule has 66 valence electrons. The second kappa shape index (κ2) is 3.58. The van der Waals surface area contributed by atoms with Crippen LogP contribution in [0.25, 0.3) is 10.1 Å². The van der Waals surface area contributed by atoms with Crippen LogP contribution in [0, 0.1) is 0 Å². The van der Waals surface area contributed by atoms with E-state index >= 15 is 0 Å². The Labute approximate surface area is 81.1 Å². The van der Waals surface area contributed by atoms with E-state index in [4.69, 9.17) is 0 Å². The predicted molar refractivity (Wildman–Crippen MR) is 58.3 cm³/mol. The van der Waals surface area contributed by atoms with Gasteiger partial charge in [-0.1, -0.05) is 18.2 Å². The largest absolute Gasteiger partial charge is 0.365 e. The molecule has 0 bridgehead atoms. The monoisotopic (exact) mass is 190 g/mol. The van der Waals surface area contributed by atoms with Crippen molar-refractivity contribution in [3.05, 3.63) is 36.9 Å². The second-order valence-corrected chi connectivity index (χ2v) is 3.50. The molecule has 2 rings (SSSR count). The third-order valence-electron chi connectivity index (χ3n) is 1.79. The van der Waals surface area contributed by atoms with Gasteiger partial charge in [-0.25, -0.2) is 0 Å². The molecule has 3 heteroatoms. The van der Waals surface area contributed by atoms with Crippen LogP contribution in [0.15, 0.2) is 36.9 Å². The first-order valence-electron chi connectivity index (χ1n) is 4.11. The molecule has 0 spiro atoms. The van der Waals surface area contributed by atoms with Crippen LogP contribution in [-0.4, -0.2) is 10.9 Å². The van der Waals surface area contributed by atoms with Gasteiger partial charge in [0.25, 0.3) is 0 Å². The summed E-state index contributed by atoms with van der Waals surface area (Å²) < 4.78 is 5.53. The number of nitrogens with zero attached hydrogens (tertiary/aromatic N) is 1. The average molecular weight is 190 g/mol. The van der Waals surface area contributed by atoms with Crippen molar-refractivity contribution in [3.63, 3.8) is 0 Å². The normalized spacial score (nSPS) is 10.2. The van der Waals surface area contributed by atoms with Crippen LogP contribution in [0.5, 0.6) is 0 Å². The summed E-state index contributed by atoms with van der Waals surface area (Å²) in [6.07, 6.45) is 1.83. The van der Waals surface area contributed by atoms with E-state index in [0.29, 0.717) is 0 Å². The second-order valence-electron chi connectivity index (χ2n) is 2.70. The van der Waals surface area contributed by atoms with E-state index < -0.39 is 0 Å². The number of aromatic nitrogens is 1. The lowest BCUT2D eigenvalue weighted by atomic mass is 10.2. The van der Waals surface area contributed by atoms with E-state index in [1.165, 1.54) is 21.6 Å². The maximum absolute atomic E-state index is 4.32. The molecule has 0 saturated carbocycles. The third kappa shape index (κ3) is 1.55. The molecule has 0 unspecified atom stereocenters. The summed E-state index contributed by atoms with van der Waals surface area (Å²) in [5.74, 6) is 0.959. The lowest BCUT2D eigenvalue weighted by Gasteiger charge is -1.97. The van der Waals surface area contributed by atoms with Gasteiger partial charge < -0.3 is 5.32 Å². The highest BCUT2D eigenvalue weighted by molar-refractivity contribution is 7.13. The summed E-state index contributed by atoms with van der Waals surface area (Å²) >= 11 is 1.52. The molecule has 0 aliphatic heterocycles. The molecule has 0 amide bonds. The number of fused-ring (bicyclic) bond motifs is 1. The van der Waals surface area contributed by atoms with E-state index in [9.17, 15) is 0 Å². The maximum Gasteiger partial charge on any atom is 0.147 e. The van der Waals surface area contributed by atoms with Gasteiger partial charge in [-0.05, 0) is 23.7 Å². The fourth-order valence-corrected chi connectivity index (χ4v) is 1.94. The van der Waals surface area contributed by atoms with Crippen LogP contribution >= 0.6 is 11.5 Å². The first-order valence-corrected chi connectivity index (χ1v) is 4.88. The molecule has 13 heavy (non-hydrogen) atoms. The van der Waals surface area contributed by atoms with Crippen molar-refractivity contribution < 1.29 is 0 Å². The van der Waals surface area contributed by atoms with Crippen LogP contribution in [-0.2, 0) is 0 Å². The summed E-state index contributed by atoms with van der Waals surface area (Å²) in [4.78, 5) is 0. The van der Waals surface area contributed by atoms with Crippen molar-refractivity contribution in [2.45, 2.75) is 0 Å². The summed E-state index contributed by atoms with van der Waals surface area (Å²) in [6, 6.07) is 8.20. The predicted octanol–water partition coefficient (Wildman–Crippen LogP) is 2.89. The number of hydrogen-bond donors (Lipinski definition) is 1. The zero-order valence-electron chi connectivity index (χ0n) is 7.16. The lowest BCUT2D eigenvalue weighted by molar-refractivity contribution is 1.31. The van der Waals surface area contributed by atoms with E-state index in [-0.39, 0.29) is 0 Å². The van der Waals surface area contributed by atoms with E-state index in [0.717, 1.165) is 12.4 Å². The number of rotatable bonds is 3. The molecule has 1 aromatic heterocycles. The molecule has 0 aliphatic carbocycles. The molecule has 2 nitrogen and oxygen atoms in total. The summed E-state index contributed by atoms with van der Waals surface area (Å²) in [5, 5.41) is 4.39. The zero-order valence-corrected chi connectivity index (χ0v) is 7.97. The van der Waals surface area contributed by atoms with E-state index in [2.05, 4.69) is 28.4 Å². The molecule has 0 radical (unpaired) electrons. The quantitative estimate of drug-likeness (QED) is 0.753. The highest BCUT2D eigenvalue weighted by atomic mass is 32.1. The van der Waals surface area contributed by atoms with Gasteiger partial charge in [-0.15, -0.1) is 6.58 Å². The molecule has 1 N–H and O–H groups in total. The Bertz CT molecular complexity index is 420. The van der Waals surface area contributed by atoms with Crippen molar-refractivity contribution in [2.24, 2.45) is 0 Å². The zero-order chi connectivity index (χ0) is 9.10. The summed E-state index contributed by atoms with van der Waals surface area (Å²) in [7, 11) is 0. The Kier molecular flexibility index (Phi) is 2.27. The van der Waals surface area contributed by atoms with Gasteiger partial charge in [0.2, 0.25) is 0 Å². The van der Waals surface area contributed by atoms with Gasteiger partial charge in [-0.2, -0.15) is 4.37 Å². The summed E-state index contributed by atoms with van der Waals surface area (Å²) in [6.45, 7) is 4.41. The Hall–Kier alpha value is -1.35. The molecular weight excluding hydrogens is 180 g/mol. The van der Waals surface area contributed by atoms with Gasteiger partial charge >= 0.3 is 0 Å². The van der Waals surface area contributed by atoms with Crippen molar-refractivity contribution >= 4 is 27.4 Å². The molecule has 0 saturated heterocycles. The lowest BCUT2D eigenvalue weighted by Crippen LogP contribution is -1.97. The standard InChI is InChI=1S/C10H10N2S/c1-2-7-11-10-8-5-3-4-6-9(8)13-12-10/h2-6H,1,7H2,(H,11,12). The minimum absolute atomic E-state index is 0.758. The molecule has 0 aliphatic rings. The smallest absolute Gasteiger partial charge is 0.147 e. The van der Waals surface area contributed by atoms with Crippen LogP contribution in [0.3, 0.4) is 0 Å². The van der Waals surface area contributed by atoms with Gasteiger partial charge in [0.05, 0.1) is 4.70 Å². The molecule has 1 heterocycles. The van der Waals surface area contributed by atoms with Gasteiger partial charge in [0.1, 0.15) is 5.82 Å². The van der Waals surface area contributed by atoms with Gasteiger partial charge in [0, 0.05) is 11.9 Å². The molecule has 2 aromatic rings. The molecular formula is C10H10N2S. The minimum atomic E-state index is 0.758. The topological polar surface area (TPSA) is 24.9 Å². The highest BCUT2D eigenvalue weighted by Gasteiger charge is 2.02. The van der Waals surface area contributed by atoms with Gasteiger partial charge in [-0.3, -0.25) is 0 Å². The number of anilines is 1. The van der Waals surface area contributed by atoms with Crippen LogP contribution in [0.2, 0.25) is 0 Å². The first-order chi connectivity index (χ1) is 6.42.